The molecule has 0 radical (unpaired) electrons. The van der Waals surface area contributed by atoms with Crippen LogP contribution in [-0.4, -0.2) is 59.9 Å². The van der Waals surface area contributed by atoms with Gasteiger partial charge in [0.25, 0.3) is 5.91 Å². The number of amides is 3. The van der Waals surface area contributed by atoms with Gasteiger partial charge in [0.1, 0.15) is 0 Å². The Balaban J connectivity index is 1.33. The maximum Gasteiger partial charge on any atom is 0.322 e. The molecule has 2 heterocycles. The van der Waals surface area contributed by atoms with Crippen molar-refractivity contribution in [2.24, 2.45) is 0 Å². The van der Waals surface area contributed by atoms with Crippen molar-refractivity contribution in [3.05, 3.63) is 83.9 Å². The zero-order valence-corrected chi connectivity index (χ0v) is 18.3. The summed E-state index contributed by atoms with van der Waals surface area (Å²) < 4.78 is 40.3. The van der Waals surface area contributed by atoms with E-state index in [0.29, 0.717) is 5.56 Å². The Morgan fingerprint density at radius 1 is 0.824 bits per heavy atom. The molecule has 1 aromatic heterocycles. The molecular formula is C24H22F3N5O2. The summed E-state index contributed by atoms with van der Waals surface area (Å²) in [6.45, 7) is 0.994. The standard InChI is InChI=1S/C24H22F3N5O2/c1-30(18-8-10-28-11-9-18)17-4-2-16(3-5-17)23(33)31-12-14-32(15-13-31)24(34)29-20-7-6-19(25)21(26)22(20)27/h2-11H,12-15H2,1H3,(H,29,34). The number of rotatable bonds is 4. The van der Waals surface area contributed by atoms with Gasteiger partial charge < -0.3 is 20.0 Å². The lowest BCUT2D eigenvalue weighted by Crippen LogP contribution is -2.51. The lowest BCUT2D eigenvalue weighted by atomic mass is 10.1. The third-order valence-corrected chi connectivity index (χ3v) is 5.68. The molecule has 176 valence electrons. The number of carbonyl (C=O) groups is 2. The predicted octanol–water partition coefficient (Wildman–Crippen LogP) is 4.26. The second-order valence-corrected chi connectivity index (χ2v) is 7.74. The van der Waals surface area contributed by atoms with Gasteiger partial charge in [-0.05, 0) is 48.5 Å². The Morgan fingerprint density at radius 2 is 1.41 bits per heavy atom. The lowest BCUT2D eigenvalue weighted by Gasteiger charge is -2.34. The van der Waals surface area contributed by atoms with Crippen LogP contribution < -0.4 is 10.2 Å². The molecule has 3 aromatic rings. The molecule has 0 spiro atoms. The molecule has 7 nitrogen and oxygen atoms in total. The van der Waals surface area contributed by atoms with Crippen LogP contribution in [0.5, 0.6) is 0 Å². The summed E-state index contributed by atoms with van der Waals surface area (Å²) in [4.78, 5) is 34.3. The van der Waals surface area contributed by atoms with Gasteiger partial charge in [-0.15, -0.1) is 0 Å². The minimum absolute atomic E-state index is 0.162. The first-order valence-electron chi connectivity index (χ1n) is 10.6. The molecule has 1 aliphatic heterocycles. The number of anilines is 3. The molecule has 0 atom stereocenters. The van der Waals surface area contributed by atoms with Gasteiger partial charge in [-0.1, -0.05) is 0 Å². The van der Waals surface area contributed by atoms with Crippen LogP contribution in [0.4, 0.5) is 35.0 Å². The highest BCUT2D eigenvalue weighted by Gasteiger charge is 2.26. The molecule has 0 aliphatic carbocycles. The molecule has 3 amide bonds. The van der Waals surface area contributed by atoms with E-state index in [2.05, 4.69) is 10.3 Å². The van der Waals surface area contributed by atoms with E-state index in [0.717, 1.165) is 23.5 Å². The van der Waals surface area contributed by atoms with Gasteiger partial charge in [-0.25, -0.2) is 18.0 Å². The number of piperazine rings is 1. The Hall–Kier alpha value is -4.08. The maximum atomic E-state index is 13.8. The molecule has 10 heteroatoms. The molecule has 2 aromatic carbocycles. The number of nitrogens with zero attached hydrogens (tertiary/aromatic N) is 4. The van der Waals surface area contributed by atoms with Crippen molar-refractivity contribution >= 4 is 29.0 Å². The smallest absolute Gasteiger partial charge is 0.322 e. The number of carbonyl (C=O) groups excluding carboxylic acids is 2. The van der Waals surface area contributed by atoms with Crippen LogP contribution in [0.1, 0.15) is 10.4 Å². The fourth-order valence-corrected chi connectivity index (χ4v) is 3.66. The molecular weight excluding hydrogens is 447 g/mol. The second kappa shape index (κ2) is 9.82. The minimum Gasteiger partial charge on any atom is -0.345 e. The Bertz CT molecular complexity index is 1180. The van der Waals surface area contributed by atoms with Crippen molar-refractivity contribution in [3.8, 4) is 0 Å². The van der Waals surface area contributed by atoms with Crippen LogP contribution in [0.15, 0.2) is 60.9 Å². The van der Waals surface area contributed by atoms with Crippen molar-refractivity contribution in [1.29, 1.82) is 0 Å². The molecule has 4 rings (SSSR count). The van der Waals surface area contributed by atoms with E-state index in [9.17, 15) is 22.8 Å². The van der Waals surface area contributed by atoms with Gasteiger partial charge in [0, 0.05) is 62.6 Å². The molecule has 34 heavy (non-hydrogen) atoms. The second-order valence-electron chi connectivity index (χ2n) is 7.74. The van der Waals surface area contributed by atoms with Crippen LogP contribution in [0.2, 0.25) is 0 Å². The number of benzene rings is 2. The highest BCUT2D eigenvalue weighted by Crippen LogP contribution is 2.24. The quantitative estimate of drug-likeness (QED) is 0.580. The number of halogens is 3. The average molecular weight is 469 g/mol. The van der Waals surface area contributed by atoms with E-state index in [1.807, 2.05) is 36.2 Å². The summed E-state index contributed by atoms with van der Waals surface area (Å²) >= 11 is 0. The summed E-state index contributed by atoms with van der Waals surface area (Å²) in [6.07, 6.45) is 3.41. The average Bonchev–Trinajstić information content (AvgIpc) is 2.89. The number of pyridine rings is 1. The summed E-state index contributed by atoms with van der Waals surface area (Å²) in [6, 6.07) is 12.0. The van der Waals surface area contributed by atoms with E-state index in [4.69, 9.17) is 0 Å². The van der Waals surface area contributed by atoms with E-state index < -0.39 is 29.2 Å². The third kappa shape index (κ3) is 4.80. The van der Waals surface area contributed by atoms with E-state index in [-0.39, 0.29) is 32.1 Å². The number of nitrogens with one attached hydrogen (secondary N) is 1. The van der Waals surface area contributed by atoms with Crippen LogP contribution >= 0.6 is 0 Å². The SMILES string of the molecule is CN(c1ccncc1)c1ccc(C(=O)N2CCN(C(=O)Nc3ccc(F)c(F)c3F)CC2)cc1. The first kappa shape index (κ1) is 23.1. The Labute approximate surface area is 194 Å². The Morgan fingerprint density at radius 3 is 2.06 bits per heavy atom. The molecule has 1 N–H and O–H groups in total. The zero-order valence-electron chi connectivity index (χ0n) is 18.3. The van der Waals surface area contributed by atoms with Crippen molar-refractivity contribution in [2.45, 2.75) is 0 Å². The first-order valence-corrected chi connectivity index (χ1v) is 10.6. The van der Waals surface area contributed by atoms with Crippen LogP contribution in [0.25, 0.3) is 0 Å². The van der Waals surface area contributed by atoms with Gasteiger partial charge in [0.05, 0.1) is 5.69 Å². The molecule has 0 bridgehead atoms. The molecule has 0 saturated carbocycles. The number of aromatic nitrogens is 1. The fourth-order valence-electron chi connectivity index (χ4n) is 3.66. The maximum absolute atomic E-state index is 13.8. The van der Waals surface area contributed by atoms with Crippen molar-refractivity contribution < 1.29 is 22.8 Å². The van der Waals surface area contributed by atoms with Gasteiger partial charge in [0.2, 0.25) is 0 Å². The fraction of sp³-hybridized carbons (Fsp3) is 0.208. The topological polar surface area (TPSA) is 68.8 Å². The number of hydrogen-bond donors (Lipinski definition) is 1. The van der Waals surface area contributed by atoms with Gasteiger partial charge in [0.15, 0.2) is 17.5 Å². The molecule has 1 saturated heterocycles. The van der Waals surface area contributed by atoms with Gasteiger partial charge in [-0.2, -0.15) is 0 Å². The predicted molar refractivity (Wildman–Crippen MR) is 122 cm³/mol. The van der Waals surface area contributed by atoms with Crippen molar-refractivity contribution in [3.63, 3.8) is 0 Å². The minimum atomic E-state index is -1.65. The van der Waals surface area contributed by atoms with E-state index in [1.54, 1.807) is 29.4 Å². The largest absolute Gasteiger partial charge is 0.345 e. The Kier molecular flexibility index (Phi) is 6.67. The van der Waals surface area contributed by atoms with Crippen LogP contribution in [0.3, 0.4) is 0 Å². The van der Waals surface area contributed by atoms with Crippen LogP contribution in [0, 0.1) is 17.5 Å². The summed E-state index contributed by atoms with van der Waals surface area (Å²) in [7, 11) is 1.92. The van der Waals surface area contributed by atoms with Gasteiger partial charge >= 0.3 is 6.03 Å². The summed E-state index contributed by atoms with van der Waals surface area (Å²) in [5.41, 5.74) is 1.95. The highest BCUT2D eigenvalue weighted by atomic mass is 19.2. The molecule has 0 unspecified atom stereocenters. The summed E-state index contributed by atoms with van der Waals surface area (Å²) in [5, 5.41) is 2.25. The first-order chi connectivity index (χ1) is 16.3. The highest BCUT2D eigenvalue weighted by molar-refractivity contribution is 5.95. The van der Waals surface area contributed by atoms with Crippen molar-refractivity contribution in [2.75, 3.05) is 43.4 Å². The van der Waals surface area contributed by atoms with Crippen LogP contribution in [-0.2, 0) is 0 Å². The van der Waals surface area contributed by atoms with Gasteiger partial charge in [-0.3, -0.25) is 9.78 Å². The lowest BCUT2D eigenvalue weighted by molar-refractivity contribution is 0.0671. The molecule has 1 aliphatic rings. The van der Waals surface area contributed by atoms with E-state index in [1.165, 1.54) is 4.90 Å². The molecule has 1 fully saturated rings. The normalized spacial score (nSPS) is 13.5. The monoisotopic (exact) mass is 469 g/mol. The number of hydrogen-bond acceptors (Lipinski definition) is 4. The van der Waals surface area contributed by atoms with E-state index >= 15 is 0 Å². The third-order valence-electron chi connectivity index (χ3n) is 5.68. The number of urea groups is 1. The van der Waals surface area contributed by atoms with Crippen molar-refractivity contribution in [1.82, 2.24) is 14.8 Å². The summed E-state index contributed by atoms with van der Waals surface area (Å²) in [5.74, 6) is -4.60. The zero-order chi connectivity index (χ0) is 24.2.